The van der Waals surface area contributed by atoms with Gasteiger partial charge in [0.25, 0.3) is 0 Å². The average molecular weight is 336 g/mol. The van der Waals surface area contributed by atoms with Crippen molar-refractivity contribution < 1.29 is 9.47 Å². The van der Waals surface area contributed by atoms with Crippen LogP contribution in [0.25, 0.3) is 0 Å². The lowest BCUT2D eigenvalue weighted by Gasteiger charge is -2.10. The van der Waals surface area contributed by atoms with Crippen LogP contribution in [0.15, 0.2) is 46.9 Å². The summed E-state index contributed by atoms with van der Waals surface area (Å²) in [6.07, 6.45) is 0. The maximum atomic E-state index is 5.67. The molecule has 0 heterocycles. The molecule has 3 nitrogen and oxygen atoms in total. The lowest BCUT2D eigenvalue weighted by atomic mass is 10.2. The normalized spacial score (nSPS) is 10.3. The van der Waals surface area contributed by atoms with Gasteiger partial charge in [0.05, 0.1) is 4.47 Å². The first kappa shape index (κ1) is 14.9. The van der Waals surface area contributed by atoms with E-state index in [0.29, 0.717) is 19.8 Å². The Balaban J connectivity index is 1.81. The van der Waals surface area contributed by atoms with Gasteiger partial charge in [-0.25, -0.2) is 0 Å². The fourth-order valence-electron chi connectivity index (χ4n) is 1.80. The van der Waals surface area contributed by atoms with E-state index in [0.717, 1.165) is 21.5 Å². The monoisotopic (exact) mass is 335 g/mol. The highest BCUT2D eigenvalue weighted by Gasteiger charge is 2.01. The largest absolute Gasteiger partial charge is 0.490 e. The lowest BCUT2D eigenvalue weighted by Crippen LogP contribution is -2.09. The van der Waals surface area contributed by atoms with E-state index in [1.807, 2.05) is 49.4 Å². The van der Waals surface area contributed by atoms with Crippen LogP contribution in [-0.2, 0) is 6.54 Å². The molecule has 2 aromatic rings. The molecule has 2 aromatic carbocycles. The third-order valence-electron chi connectivity index (χ3n) is 2.83. The molecular weight excluding hydrogens is 318 g/mol. The van der Waals surface area contributed by atoms with Crippen molar-refractivity contribution in [3.05, 3.63) is 58.1 Å². The molecule has 2 rings (SSSR count). The molecular formula is C16H18BrNO2. The van der Waals surface area contributed by atoms with Gasteiger partial charge in [-0.2, -0.15) is 0 Å². The molecule has 0 bridgehead atoms. The van der Waals surface area contributed by atoms with Crippen LogP contribution in [0.3, 0.4) is 0 Å². The van der Waals surface area contributed by atoms with Crippen LogP contribution >= 0.6 is 15.9 Å². The minimum absolute atomic E-state index is 0.494. The van der Waals surface area contributed by atoms with Crippen molar-refractivity contribution in [3.63, 3.8) is 0 Å². The summed E-state index contributed by atoms with van der Waals surface area (Å²) in [4.78, 5) is 0. The van der Waals surface area contributed by atoms with E-state index >= 15 is 0 Å². The van der Waals surface area contributed by atoms with Crippen LogP contribution in [0.2, 0.25) is 0 Å². The Morgan fingerprint density at radius 2 is 1.85 bits per heavy atom. The zero-order valence-corrected chi connectivity index (χ0v) is 13.0. The number of hydrogen-bond acceptors (Lipinski definition) is 3. The van der Waals surface area contributed by atoms with Crippen molar-refractivity contribution in [3.8, 4) is 11.5 Å². The van der Waals surface area contributed by atoms with Gasteiger partial charge in [-0.3, -0.25) is 0 Å². The second-order valence-electron chi connectivity index (χ2n) is 4.48. The van der Waals surface area contributed by atoms with Crippen molar-refractivity contribution in [1.82, 2.24) is 0 Å². The molecule has 0 amide bonds. The molecule has 4 heteroatoms. The second kappa shape index (κ2) is 7.31. The minimum atomic E-state index is 0.494. The van der Waals surface area contributed by atoms with Crippen molar-refractivity contribution in [2.45, 2.75) is 13.5 Å². The van der Waals surface area contributed by atoms with Crippen molar-refractivity contribution in [1.29, 1.82) is 0 Å². The fraction of sp³-hybridized carbons (Fsp3) is 0.250. The maximum absolute atomic E-state index is 5.67. The van der Waals surface area contributed by atoms with Crippen molar-refractivity contribution >= 4 is 15.9 Å². The van der Waals surface area contributed by atoms with Crippen LogP contribution < -0.4 is 15.2 Å². The summed E-state index contributed by atoms with van der Waals surface area (Å²) >= 11 is 3.48. The number of nitrogens with two attached hydrogens (primary N) is 1. The van der Waals surface area contributed by atoms with E-state index in [9.17, 15) is 0 Å². The average Bonchev–Trinajstić information content (AvgIpc) is 2.45. The summed E-state index contributed by atoms with van der Waals surface area (Å²) in [6.45, 7) is 3.55. The molecule has 0 radical (unpaired) electrons. The SMILES string of the molecule is Cc1ccc(OCCOc2cccc(CN)c2)c(Br)c1. The first-order valence-electron chi connectivity index (χ1n) is 6.50. The van der Waals surface area contributed by atoms with E-state index < -0.39 is 0 Å². The standard InChI is InChI=1S/C16H18BrNO2/c1-12-5-6-16(15(17)9-12)20-8-7-19-14-4-2-3-13(10-14)11-18/h2-6,9-10H,7-8,11,18H2,1H3. The molecule has 0 unspecified atom stereocenters. The topological polar surface area (TPSA) is 44.5 Å². The molecule has 0 fully saturated rings. The molecule has 0 saturated carbocycles. The lowest BCUT2D eigenvalue weighted by molar-refractivity contribution is 0.216. The summed E-state index contributed by atoms with van der Waals surface area (Å²) in [5.41, 5.74) is 7.85. The maximum Gasteiger partial charge on any atom is 0.133 e. The van der Waals surface area contributed by atoms with E-state index in [4.69, 9.17) is 15.2 Å². The Kier molecular flexibility index (Phi) is 5.44. The Bertz CT molecular complexity index is 572. The van der Waals surface area contributed by atoms with Gasteiger partial charge in [-0.05, 0) is 58.2 Å². The molecule has 0 aliphatic heterocycles. The van der Waals surface area contributed by atoms with Crippen LogP contribution in [0.1, 0.15) is 11.1 Å². The molecule has 0 spiro atoms. The van der Waals surface area contributed by atoms with Gasteiger partial charge in [0.15, 0.2) is 0 Å². The van der Waals surface area contributed by atoms with Gasteiger partial charge in [0, 0.05) is 6.54 Å². The quantitative estimate of drug-likeness (QED) is 0.819. The van der Waals surface area contributed by atoms with Crippen LogP contribution in [0.5, 0.6) is 11.5 Å². The second-order valence-corrected chi connectivity index (χ2v) is 5.34. The molecule has 0 aromatic heterocycles. The number of benzene rings is 2. The number of halogens is 1. The van der Waals surface area contributed by atoms with E-state index in [1.165, 1.54) is 5.56 Å². The van der Waals surface area contributed by atoms with Gasteiger partial charge in [-0.15, -0.1) is 0 Å². The summed E-state index contributed by atoms with van der Waals surface area (Å²) in [6, 6.07) is 13.8. The van der Waals surface area contributed by atoms with E-state index in [1.54, 1.807) is 0 Å². The zero-order chi connectivity index (χ0) is 14.4. The molecule has 20 heavy (non-hydrogen) atoms. The zero-order valence-electron chi connectivity index (χ0n) is 11.4. The Morgan fingerprint density at radius 3 is 2.60 bits per heavy atom. The third kappa shape index (κ3) is 4.25. The molecule has 2 N–H and O–H groups in total. The van der Waals surface area contributed by atoms with Gasteiger partial charge in [0.1, 0.15) is 24.7 Å². The van der Waals surface area contributed by atoms with E-state index in [-0.39, 0.29) is 0 Å². The number of aryl methyl sites for hydroxylation is 1. The predicted octanol–water partition coefficient (Wildman–Crippen LogP) is 3.67. The summed E-state index contributed by atoms with van der Waals surface area (Å²) in [5.74, 6) is 1.65. The smallest absolute Gasteiger partial charge is 0.133 e. The van der Waals surface area contributed by atoms with Crippen LogP contribution in [0.4, 0.5) is 0 Å². The molecule has 106 valence electrons. The van der Waals surface area contributed by atoms with E-state index in [2.05, 4.69) is 15.9 Å². The summed E-state index contributed by atoms with van der Waals surface area (Å²) in [5, 5.41) is 0. The molecule has 0 atom stereocenters. The highest BCUT2D eigenvalue weighted by atomic mass is 79.9. The predicted molar refractivity (Wildman–Crippen MR) is 84.2 cm³/mol. The molecule has 0 aliphatic rings. The summed E-state index contributed by atoms with van der Waals surface area (Å²) < 4.78 is 12.3. The van der Waals surface area contributed by atoms with Crippen molar-refractivity contribution in [2.75, 3.05) is 13.2 Å². The van der Waals surface area contributed by atoms with Gasteiger partial charge < -0.3 is 15.2 Å². The Labute approximate surface area is 127 Å². The number of ether oxygens (including phenoxy) is 2. The molecule has 0 saturated heterocycles. The third-order valence-corrected chi connectivity index (χ3v) is 3.45. The molecule has 0 aliphatic carbocycles. The first-order chi connectivity index (χ1) is 9.69. The van der Waals surface area contributed by atoms with Gasteiger partial charge >= 0.3 is 0 Å². The van der Waals surface area contributed by atoms with Crippen LogP contribution in [-0.4, -0.2) is 13.2 Å². The number of rotatable bonds is 6. The first-order valence-corrected chi connectivity index (χ1v) is 7.29. The highest BCUT2D eigenvalue weighted by molar-refractivity contribution is 9.10. The number of hydrogen-bond donors (Lipinski definition) is 1. The fourth-order valence-corrected chi connectivity index (χ4v) is 2.40. The Hall–Kier alpha value is -1.52. The summed E-state index contributed by atoms with van der Waals surface area (Å²) in [7, 11) is 0. The Morgan fingerprint density at radius 1 is 1.05 bits per heavy atom. The minimum Gasteiger partial charge on any atom is -0.490 e. The van der Waals surface area contributed by atoms with Crippen LogP contribution in [0, 0.1) is 6.92 Å². The van der Waals surface area contributed by atoms with Gasteiger partial charge in [0.2, 0.25) is 0 Å². The highest BCUT2D eigenvalue weighted by Crippen LogP contribution is 2.25. The van der Waals surface area contributed by atoms with Crippen molar-refractivity contribution in [2.24, 2.45) is 5.73 Å². The van der Waals surface area contributed by atoms with Gasteiger partial charge in [-0.1, -0.05) is 18.2 Å².